The van der Waals surface area contributed by atoms with Crippen LogP contribution in [0.2, 0.25) is 0 Å². The molecule has 0 amide bonds. The number of nitrogens with one attached hydrogen (secondary N) is 1. The topological polar surface area (TPSA) is 53.9 Å². The first-order valence-corrected chi connectivity index (χ1v) is 8.00. The lowest BCUT2D eigenvalue weighted by molar-refractivity contribution is 0.572. The van der Waals surface area contributed by atoms with E-state index in [4.69, 9.17) is 0 Å². The fourth-order valence-corrected chi connectivity index (χ4v) is 2.70. The highest BCUT2D eigenvalue weighted by atomic mass is 15.2. The van der Waals surface area contributed by atoms with Crippen molar-refractivity contribution in [1.29, 1.82) is 0 Å². The van der Waals surface area contributed by atoms with Gasteiger partial charge in [0, 0.05) is 31.9 Å². The van der Waals surface area contributed by atoms with E-state index in [-0.39, 0.29) is 0 Å². The third-order valence-corrected chi connectivity index (χ3v) is 4.02. The summed E-state index contributed by atoms with van der Waals surface area (Å²) < 4.78 is 0. The predicted molar refractivity (Wildman–Crippen MR) is 92.6 cm³/mol. The number of hydrogen-bond donors (Lipinski definition) is 1. The second kappa shape index (κ2) is 7.10. The minimum absolute atomic E-state index is 0.837. The van der Waals surface area contributed by atoms with Crippen LogP contribution in [0.1, 0.15) is 36.1 Å². The summed E-state index contributed by atoms with van der Waals surface area (Å²) in [5.74, 6) is 8.24. The van der Waals surface area contributed by atoms with Crippen LogP contribution in [0.3, 0.4) is 0 Å². The molecule has 23 heavy (non-hydrogen) atoms. The van der Waals surface area contributed by atoms with Gasteiger partial charge in [0.15, 0.2) is 0 Å². The summed E-state index contributed by atoms with van der Waals surface area (Å²) in [5.41, 5.74) is 2.73. The summed E-state index contributed by atoms with van der Waals surface area (Å²) in [7, 11) is 1.85. The predicted octanol–water partition coefficient (Wildman–Crippen LogP) is 2.61. The van der Waals surface area contributed by atoms with Gasteiger partial charge in [-0.1, -0.05) is 11.8 Å². The Labute approximate surface area is 137 Å². The highest BCUT2D eigenvalue weighted by Gasteiger charge is 2.16. The molecule has 0 spiro atoms. The van der Waals surface area contributed by atoms with Crippen LogP contribution in [-0.4, -0.2) is 35.1 Å². The molecular formula is C18H21N5. The van der Waals surface area contributed by atoms with Crippen LogP contribution in [0.25, 0.3) is 0 Å². The van der Waals surface area contributed by atoms with E-state index >= 15 is 0 Å². The van der Waals surface area contributed by atoms with E-state index in [2.05, 4.69) is 37.0 Å². The standard InChI is InChI=1S/C18H21N5/c1-14-16(8-6-15-7-9-17(19-2)20-12-15)18(22-13-21-14)23-10-4-3-5-11-23/h7,9,12-13H,3-5,10-11H2,1-2H3,(H,19,20). The Bertz CT molecular complexity index is 721. The number of aromatic nitrogens is 3. The Morgan fingerprint density at radius 3 is 2.57 bits per heavy atom. The monoisotopic (exact) mass is 307 g/mol. The fraction of sp³-hybridized carbons (Fsp3) is 0.389. The lowest BCUT2D eigenvalue weighted by Crippen LogP contribution is -2.31. The molecule has 0 radical (unpaired) electrons. The van der Waals surface area contributed by atoms with Gasteiger partial charge in [-0.3, -0.25) is 0 Å². The van der Waals surface area contributed by atoms with Gasteiger partial charge in [0.1, 0.15) is 18.0 Å². The molecule has 0 aromatic carbocycles. The van der Waals surface area contributed by atoms with Crippen molar-refractivity contribution in [2.75, 3.05) is 30.4 Å². The molecule has 1 aliphatic heterocycles. The SMILES string of the molecule is CNc1ccc(C#Cc2c(C)ncnc2N2CCCCC2)cn1. The van der Waals surface area contributed by atoms with Crippen molar-refractivity contribution in [3.05, 3.63) is 41.5 Å². The zero-order valence-electron chi connectivity index (χ0n) is 13.6. The normalized spacial score (nSPS) is 14.1. The third-order valence-electron chi connectivity index (χ3n) is 4.02. The molecular weight excluding hydrogens is 286 g/mol. The van der Waals surface area contributed by atoms with E-state index in [1.807, 2.05) is 26.1 Å². The van der Waals surface area contributed by atoms with Crippen LogP contribution in [0.4, 0.5) is 11.6 Å². The quantitative estimate of drug-likeness (QED) is 0.864. The van der Waals surface area contributed by atoms with Crippen LogP contribution in [-0.2, 0) is 0 Å². The van der Waals surface area contributed by atoms with Crippen molar-refractivity contribution in [3.63, 3.8) is 0 Å². The lowest BCUT2D eigenvalue weighted by atomic mass is 10.1. The van der Waals surface area contributed by atoms with Crippen LogP contribution >= 0.6 is 0 Å². The van der Waals surface area contributed by atoms with Crippen LogP contribution < -0.4 is 10.2 Å². The van der Waals surface area contributed by atoms with Gasteiger partial charge in [-0.2, -0.15) is 0 Å². The van der Waals surface area contributed by atoms with Gasteiger partial charge in [0.05, 0.1) is 11.3 Å². The second-order valence-electron chi connectivity index (χ2n) is 5.64. The first-order valence-electron chi connectivity index (χ1n) is 8.00. The third kappa shape index (κ3) is 3.59. The Hall–Kier alpha value is -2.61. The van der Waals surface area contributed by atoms with Gasteiger partial charge < -0.3 is 10.2 Å². The number of nitrogens with zero attached hydrogens (tertiary/aromatic N) is 4. The minimum Gasteiger partial charge on any atom is -0.373 e. The maximum atomic E-state index is 4.49. The number of hydrogen-bond acceptors (Lipinski definition) is 5. The van der Waals surface area contributed by atoms with Crippen molar-refractivity contribution in [2.45, 2.75) is 26.2 Å². The lowest BCUT2D eigenvalue weighted by Gasteiger charge is -2.28. The highest BCUT2D eigenvalue weighted by Crippen LogP contribution is 2.22. The van der Waals surface area contributed by atoms with Gasteiger partial charge in [0.2, 0.25) is 0 Å². The van der Waals surface area contributed by atoms with E-state index < -0.39 is 0 Å². The van der Waals surface area contributed by atoms with E-state index in [0.717, 1.165) is 41.5 Å². The van der Waals surface area contributed by atoms with Crippen molar-refractivity contribution >= 4 is 11.6 Å². The molecule has 0 bridgehead atoms. The molecule has 1 aliphatic rings. The molecule has 3 rings (SSSR count). The molecule has 1 saturated heterocycles. The number of piperidine rings is 1. The van der Waals surface area contributed by atoms with E-state index in [1.165, 1.54) is 19.3 Å². The number of anilines is 2. The zero-order valence-corrected chi connectivity index (χ0v) is 13.6. The average Bonchev–Trinajstić information content (AvgIpc) is 2.62. The highest BCUT2D eigenvalue weighted by molar-refractivity contribution is 5.59. The Balaban J connectivity index is 1.91. The molecule has 0 aliphatic carbocycles. The molecule has 1 N–H and O–H groups in total. The van der Waals surface area contributed by atoms with Gasteiger partial charge in [-0.25, -0.2) is 15.0 Å². The molecule has 5 nitrogen and oxygen atoms in total. The van der Waals surface area contributed by atoms with Gasteiger partial charge in [0.25, 0.3) is 0 Å². The van der Waals surface area contributed by atoms with Crippen LogP contribution in [0, 0.1) is 18.8 Å². The number of pyridine rings is 1. The minimum atomic E-state index is 0.837. The largest absolute Gasteiger partial charge is 0.373 e. The summed E-state index contributed by atoms with van der Waals surface area (Å²) >= 11 is 0. The maximum Gasteiger partial charge on any atom is 0.148 e. The molecule has 5 heteroatoms. The van der Waals surface area contributed by atoms with Gasteiger partial charge >= 0.3 is 0 Å². The van der Waals surface area contributed by atoms with Crippen molar-refractivity contribution in [3.8, 4) is 11.8 Å². The first kappa shape index (κ1) is 15.3. The van der Waals surface area contributed by atoms with E-state index in [1.54, 1.807) is 12.5 Å². The summed E-state index contributed by atoms with van der Waals surface area (Å²) in [4.78, 5) is 15.4. The van der Waals surface area contributed by atoms with Crippen molar-refractivity contribution < 1.29 is 0 Å². The summed E-state index contributed by atoms with van der Waals surface area (Å²) in [6.07, 6.45) is 7.13. The average molecular weight is 307 g/mol. The number of rotatable bonds is 2. The van der Waals surface area contributed by atoms with Crippen LogP contribution in [0.5, 0.6) is 0 Å². The molecule has 0 saturated carbocycles. The van der Waals surface area contributed by atoms with Gasteiger partial charge in [-0.15, -0.1) is 0 Å². The maximum absolute atomic E-state index is 4.49. The molecule has 2 aromatic heterocycles. The molecule has 1 fully saturated rings. The number of aryl methyl sites for hydroxylation is 1. The smallest absolute Gasteiger partial charge is 0.148 e. The molecule has 2 aromatic rings. The van der Waals surface area contributed by atoms with E-state index in [0.29, 0.717) is 0 Å². The summed E-state index contributed by atoms with van der Waals surface area (Å²) in [6, 6.07) is 3.88. The molecule has 0 unspecified atom stereocenters. The molecule has 3 heterocycles. The molecule has 118 valence electrons. The fourth-order valence-electron chi connectivity index (χ4n) is 2.70. The van der Waals surface area contributed by atoms with E-state index in [9.17, 15) is 0 Å². The Morgan fingerprint density at radius 1 is 1.04 bits per heavy atom. The summed E-state index contributed by atoms with van der Waals surface area (Å²) in [6.45, 7) is 4.08. The Kier molecular flexibility index (Phi) is 4.72. The zero-order chi connectivity index (χ0) is 16.1. The van der Waals surface area contributed by atoms with Crippen molar-refractivity contribution in [2.24, 2.45) is 0 Å². The Morgan fingerprint density at radius 2 is 1.87 bits per heavy atom. The first-order chi connectivity index (χ1) is 11.3. The molecule has 0 atom stereocenters. The summed E-state index contributed by atoms with van der Waals surface area (Å²) in [5, 5.41) is 3.00. The second-order valence-corrected chi connectivity index (χ2v) is 5.64. The van der Waals surface area contributed by atoms with Crippen LogP contribution in [0.15, 0.2) is 24.7 Å². The van der Waals surface area contributed by atoms with Gasteiger partial charge in [-0.05, 0) is 38.3 Å². The van der Waals surface area contributed by atoms with Crippen molar-refractivity contribution in [1.82, 2.24) is 15.0 Å².